The van der Waals surface area contributed by atoms with E-state index < -0.39 is 16.1 Å². The van der Waals surface area contributed by atoms with Gasteiger partial charge in [0.15, 0.2) is 0 Å². The van der Waals surface area contributed by atoms with Crippen LogP contribution in [0.4, 0.5) is 10.5 Å². The van der Waals surface area contributed by atoms with Crippen molar-refractivity contribution in [2.24, 2.45) is 0 Å². The molecular weight excluding hydrogens is 348 g/mol. The fourth-order valence-corrected chi connectivity index (χ4v) is 3.12. The number of benzene rings is 1. The lowest BCUT2D eigenvalue weighted by Crippen LogP contribution is -2.38. The van der Waals surface area contributed by atoms with Crippen molar-refractivity contribution in [3.05, 3.63) is 28.7 Å². The summed E-state index contributed by atoms with van der Waals surface area (Å²) in [7, 11) is -3.44. The summed E-state index contributed by atoms with van der Waals surface area (Å²) < 4.78 is 30.3. The topological polar surface area (TPSA) is 75.7 Å². The van der Waals surface area contributed by atoms with Crippen molar-refractivity contribution in [2.45, 2.75) is 6.92 Å². The Morgan fingerprint density at radius 2 is 2.05 bits per heavy atom. The maximum atomic E-state index is 11.8. The van der Waals surface area contributed by atoms with Crippen molar-refractivity contribution in [3.8, 4) is 0 Å². The Kier molecular flexibility index (Phi) is 6.28. The Morgan fingerprint density at radius 3 is 2.60 bits per heavy atom. The zero-order valence-electron chi connectivity index (χ0n) is 11.3. The van der Waals surface area contributed by atoms with Crippen LogP contribution in [0.1, 0.15) is 6.92 Å². The molecule has 0 saturated carbocycles. The Hall–Kier alpha value is -1.28. The van der Waals surface area contributed by atoms with Gasteiger partial charge in [0.05, 0.1) is 25.1 Å². The third-order valence-electron chi connectivity index (χ3n) is 2.38. The number of rotatable bonds is 6. The number of hydrogen-bond acceptors (Lipinski definition) is 4. The van der Waals surface area contributed by atoms with Crippen LogP contribution < -0.4 is 9.62 Å². The first-order chi connectivity index (χ1) is 9.36. The number of nitrogens with zero attached hydrogens (tertiary/aromatic N) is 1. The van der Waals surface area contributed by atoms with Crippen molar-refractivity contribution in [3.63, 3.8) is 0 Å². The molecule has 0 fully saturated rings. The lowest BCUT2D eigenvalue weighted by atomic mass is 10.3. The highest BCUT2D eigenvalue weighted by molar-refractivity contribution is 9.10. The molecule has 1 aromatic carbocycles. The Labute approximate surface area is 127 Å². The van der Waals surface area contributed by atoms with E-state index in [0.717, 1.165) is 6.26 Å². The van der Waals surface area contributed by atoms with E-state index in [9.17, 15) is 13.2 Å². The van der Waals surface area contributed by atoms with Crippen molar-refractivity contribution in [1.29, 1.82) is 0 Å². The van der Waals surface area contributed by atoms with E-state index in [1.165, 1.54) is 4.31 Å². The highest BCUT2D eigenvalue weighted by atomic mass is 79.9. The van der Waals surface area contributed by atoms with Gasteiger partial charge in [0.2, 0.25) is 10.0 Å². The molecule has 0 bridgehead atoms. The highest BCUT2D eigenvalue weighted by Crippen LogP contribution is 2.27. The zero-order chi connectivity index (χ0) is 15.2. The standard InChI is InChI=1S/C12H17BrN2O4S/c1-3-19-12(16)14-8-9-15(20(2,17)18)11-7-5-4-6-10(11)13/h4-7H,3,8-9H2,1-2H3,(H,14,16). The first kappa shape index (κ1) is 16.8. The lowest BCUT2D eigenvalue weighted by molar-refractivity contribution is 0.152. The SMILES string of the molecule is CCOC(=O)NCCN(c1ccccc1Br)S(C)(=O)=O. The fraction of sp³-hybridized carbons (Fsp3) is 0.417. The van der Waals surface area contributed by atoms with Crippen molar-refractivity contribution < 1.29 is 17.9 Å². The molecule has 0 heterocycles. The molecule has 0 aliphatic carbocycles. The molecule has 112 valence electrons. The van der Waals surface area contributed by atoms with Crippen molar-refractivity contribution >= 4 is 37.7 Å². The molecule has 1 amide bonds. The number of carbonyl (C=O) groups excluding carboxylic acids is 1. The minimum absolute atomic E-state index is 0.125. The molecule has 0 aliphatic heterocycles. The molecule has 0 unspecified atom stereocenters. The van der Waals surface area contributed by atoms with Crippen LogP contribution in [0.15, 0.2) is 28.7 Å². The summed E-state index contributed by atoms with van der Waals surface area (Å²) in [6, 6.07) is 6.99. The first-order valence-electron chi connectivity index (χ1n) is 5.99. The van der Waals surface area contributed by atoms with Gasteiger partial charge in [-0.3, -0.25) is 4.31 Å². The minimum atomic E-state index is -3.44. The quantitative estimate of drug-likeness (QED) is 0.836. The Morgan fingerprint density at radius 1 is 1.40 bits per heavy atom. The number of anilines is 1. The summed E-state index contributed by atoms with van der Waals surface area (Å²) in [5.41, 5.74) is 0.528. The average molecular weight is 365 g/mol. The first-order valence-corrected chi connectivity index (χ1v) is 8.63. The minimum Gasteiger partial charge on any atom is -0.450 e. The van der Waals surface area contributed by atoms with Crippen molar-refractivity contribution in [2.75, 3.05) is 30.3 Å². The van der Waals surface area contributed by atoms with Crippen LogP contribution in [0.2, 0.25) is 0 Å². The summed E-state index contributed by atoms with van der Waals surface area (Å²) in [5.74, 6) is 0. The summed E-state index contributed by atoms with van der Waals surface area (Å²) in [5, 5.41) is 2.49. The molecular formula is C12H17BrN2O4S. The monoisotopic (exact) mass is 364 g/mol. The molecule has 0 spiro atoms. The van der Waals surface area contributed by atoms with Crippen LogP contribution in [-0.2, 0) is 14.8 Å². The molecule has 0 aliphatic rings. The van der Waals surface area contributed by atoms with Crippen molar-refractivity contribution in [1.82, 2.24) is 5.32 Å². The maximum absolute atomic E-state index is 11.8. The largest absolute Gasteiger partial charge is 0.450 e. The van der Waals surface area contributed by atoms with Crippen LogP contribution in [0.3, 0.4) is 0 Å². The van der Waals surface area contributed by atoms with Gasteiger partial charge in [0.1, 0.15) is 0 Å². The van der Waals surface area contributed by atoms with E-state index >= 15 is 0 Å². The molecule has 0 radical (unpaired) electrons. The number of para-hydroxylation sites is 1. The molecule has 0 aromatic heterocycles. The predicted octanol–water partition coefficient (Wildman–Crippen LogP) is 1.96. The van der Waals surface area contributed by atoms with Gasteiger partial charge >= 0.3 is 6.09 Å². The Balaban J connectivity index is 2.78. The van der Waals surface area contributed by atoms with Gasteiger partial charge in [0, 0.05) is 11.0 Å². The van der Waals surface area contributed by atoms with Gasteiger partial charge < -0.3 is 10.1 Å². The third kappa shape index (κ3) is 5.01. The predicted molar refractivity (Wildman–Crippen MR) is 81.4 cm³/mol. The van der Waals surface area contributed by atoms with Gasteiger partial charge in [-0.15, -0.1) is 0 Å². The number of ether oxygens (including phenoxy) is 1. The van der Waals surface area contributed by atoms with Crippen LogP contribution in [-0.4, -0.2) is 40.5 Å². The lowest BCUT2D eigenvalue weighted by Gasteiger charge is -2.23. The molecule has 1 N–H and O–H groups in total. The smallest absolute Gasteiger partial charge is 0.407 e. The normalized spacial score (nSPS) is 10.9. The van der Waals surface area contributed by atoms with E-state index in [-0.39, 0.29) is 19.7 Å². The molecule has 1 aromatic rings. The van der Waals surface area contributed by atoms with Crippen LogP contribution >= 0.6 is 15.9 Å². The summed E-state index contributed by atoms with van der Waals surface area (Å²) in [6.07, 6.45) is 0.560. The average Bonchev–Trinajstić information content (AvgIpc) is 2.35. The number of nitrogens with one attached hydrogen (secondary N) is 1. The molecule has 1 rings (SSSR count). The van der Waals surface area contributed by atoms with Crippen LogP contribution in [0.5, 0.6) is 0 Å². The van der Waals surface area contributed by atoms with E-state index in [1.54, 1.807) is 31.2 Å². The zero-order valence-corrected chi connectivity index (χ0v) is 13.7. The molecule has 8 heteroatoms. The van der Waals surface area contributed by atoms with Gasteiger partial charge in [-0.05, 0) is 35.0 Å². The van der Waals surface area contributed by atoms with Gasteiger partial charge in [-0.25, -0.2) is 13.2 Å². The molecule has 6 nitrogen and oxygen atoms in total. The number of carbonyl (C=O) groups is 1. The second kappa shape index (κ2) is 7.49. The van der Waals surface area contributed by atoms with Gasteiger partial charge in [0.25, 0.3) is 0 Å². The second-order valence-corrected chi connectivity index (χ2v) is 6.69. The number of amides is 1. The molecule has 20 heavy (non-hydrogen) atoms. The number of hydrogen-bond donors (Lipinski definition) is 1. The summed E-state index contributed by atoms with van der Waals surface area (Å²) in [4.78, 5) is 11.2. The Bertz CT molecular complexity index is 562. The van der Waals surface area contributed by atoms with Gasteiger partial charge in [-0.1, -0.05) is 12.1 Å². The van der Waals surface area contributed by atoms with E-state index in [0.29, 0.717) is 10.2 Å². The second-order valence-electron chi connectivity index (χ2n) is 3.93. The van der Waals surface area contributed by atoms with E-state index in [4.69, 9.17) is 4.74 Å². The van der Waals surface area contributed by atoms with Gasteiger partial charge in [-0.2, -0.15) is 0 Å². The summed E-state index contributed by atoms with van der Waals surface area (Å²) in [6.45, 7) is 2.25. The number of sulfonamides is 1. The molecule has 0 atom stereocenters. The van der Waals surface area contributed by atoms with Crippen LogP contribution in [0.25, 0.3) is 0 Å². The highest BCUT2D eigenvalue weighted by Gasteiger charge is 2.19. The maximum Gasteiger partial charge on any atom is 0.407 e. The number of halogens is 1. The number of alkyl carbamates (subject to hydrolysis) is 1. The summed E-state index contributed by atoms with van der Waals surface area (Å²) >= 11 is 3.32. The van der Waals surface area contributed by atoms with E-state index in [1.807, 2.05) is 0 Å². The molecule has 0 saturated heterocycles. The van der Waals surface area contributed by atoms with Crippen LogP contribution in [0, 0.1) is 0 Å². The fourth-order valence-electron chi connectivity index (χ4n) is 1.56. The van der Waals surface area contributed by atoms with E-state index in [2.05, 4.69) is 21.2 Å². The third-order valence-corrected chi connectivity index (χ3v) is 4.23.